The summed E-state index contributed by atoms with van der Waals surface area (Å²) >= 11 is 0. The molecule has 20 heavy (non-hydrogen) atoms. The number of hydrogen-bond donors (Lipinski definition) is 1. The summed E-state index contributed by atoms with van der Waals surface area (Å²) in [5.41, 5.74) is 0. The highest BCUT2D eigenvalue weighted by atomic mass is 15.2. The van der Waals surface area contributed by atoms with Gasteiger partial charge >= 0.3 is 0 Å². The molecule has 2 nitrogen and oxygen atoms in total. The lowest BCUT2D eigenvalue weighted by Gasteiger charge is -2.40. The Morgan fingerprint density at radius 1 is 0.850 bits per heavy atom. The van der Waals surface area contributed by atoms with Gasteiger partial charge in [-0.05, 0) is 43.9 Å². The molecule has 1 saturated heterocycles. The van der Waals surface area contributed by atoms with E-state index in [2.05, 4.69) is 17.1 Å². The Bertz CT molecular complexity index is 279. The van der Waals surface area contributed by atoms with E-state index in [1.807, 2.05) is 0 Å². The lowest BCUT2D eigenvalue weighted by molar-refractivity contribution is 0.121. The number of nitrogens with zero attached hydrogens (tertiary/aromatic N) is 1. The van der Waals surface area contributed by atoms with Crippen LogP contribution in [0.1, 0.15) is 71.1 Å². The van der Waals surface area contributed by atoms with Gasteiger partial charge in [0, 0.05) is 31.7 Å². The van der Waals surface area contributed by atoms with Crippen molar-refractivity contribution in [2.24, 2.45) is 11.8 Å². The van der Waals surface area contributed by atoms with Crippen LogP contribution in [0.15, 0.2) is 0 Å². The molecule has 0 aromatic carbocycles. The van der Waals surface area contributed by atoms with Crippen molar-refractivity contribution in [3.63, 3.8) is 0 Å². The van der Waals surface area contributed by atoms with Gasteiger partial charge in [-0.2, -0.15) is 0 Å². The summed E-state index contributed by atoms with van der Waals surface area (Å²) in [6, 6.07) is 1.59. The molecule has 0 radical (unpaired) electrons. The summed E-state index contributed by atoms with van der Waals surface area (Å²) in [6.45, 7) is 6.50. The Hall–Kier alpha value is -0.0800. The number of rotatable bonds is 4. The van der Waals surface area contributed by atoms with Crippen LogP contribution in [0.3, 0.4) is 0 Å². The monoisotopic (exact) mass is 278 g/mol. The van der Waals surface area contributed by atoms with Gasteiger partial charge in [-0.15, -0.1) is 0 Å². The van der Waals surface area contributed by atoms with Crippen LogP contribution in [0.25, 0.3) is 0 Å². The van der Waals surface area contributed by atoms with E-state index < -0.39 is 0 Å². The molecule has 0 aromatic rings. The molecular weight excluding hydrogens is 244 g/mol. The first-order valence-electron chi connectivity index (χ1n) is 9.28. The maximum Gasteiger partial charge on any atom is 0.0200 e. The third-order valence-corrected chi connectivity index (χ3v) is 5.80. The standard InChI is InChI=1S/C18H34N2/c1-15-11-18(19-17-9-3-2-4-10-17)14-20(12-15)13-16-7-5-6-8-16/h15-19H,2-14H2,1H3. The first-order valence-corrected chi connectivity index (χ1v) is 9.28. The lowest BCUT2D eigenvalue weighted by atomic mass is 9.91. The van der Waals surface area contributed by atoms with Crippen LogP contribution in [-0.4, -0.2) is 36.6 Å². The average Bonchev–Trinajstić information content (AvgIpc) is 2.92. The summed E-state index contributed by atoms with van der Waals surface area (Å²) in [7, 11) is 0. The number of nitrogens with one attached hydrogen (secondary N) is 1. The highest BCUT2D eigenvalue weighted by Crippen LogP contribution is 2.28. The van der Waals surface area contributed by atoms with Crippen LogP contribution in [-0.2, 0) is 0 Å². The Kier molecular flexibility index (Phi) is 5.39. The summed E-state index contributed by atoms with van der Waals surface area (Å²) in [5, 5.41) is 4.00. The molecule has 0 aromatic heterocycles. The van der Waals surface area contributed by atoms with E-state index in [1.165, 1.54) is 83.8 Å². The zero-order chi connectivity index (χ0) is 13.8. The van der Waals surface area contributed by atoms with Crippen LogP contribution >= 0.6 is 0 Å². The first kappa shape index (κ1) is 14.8. The second-order valence-electron chi connectivity index (χ2n) is 7.91. The predicted octanol–water partition coefficient (Wildman–Crippen LogP) is 3.81. The fourth-order valence-electron chi connectivity index (χ4n) is 4.89. The molecule has 0 amide bonds. The van der Waals surface area contributed by atoms with Crippen molar-refractivity contribution in [2.45, 2.75) is 83.2 Å². The summed E-state index contributed by atoms with van der Waals surface area (Å²) in [4.78, 5) is 2.78. The number of hydrogen-bond acceptors (Lipinski definition) is 2. The normalized spacial score (nSPS) is 34.6. The molecule has 0 bridgehead atoms. The molecular formula is C18H34N2. The van der Waals surface area contributed by atoms with E-state index >= 15 is 0 Å². The molecule has 3 rings (SSSR count). The van der Waals surface area contributed by atoms with Gasteiger partial charge in [-0.3, -0.25) is 0 Å². The smallest absolute Gasteiger partial charge is 0.0200 e. The molecule has 1 N–H and O–H groups in total. The summed E-state index contributed by atoms with van der Waals surface area (Å²) in [5.74, 6) is 1.89. The second kappa shape index (κ2) is 7.26. The van der Waals surface area contributed by atoms with Gasteiger partial charge in [0.25, 0.3) is 0 Å². The van der Waals surface area contributed by atoms with Gasteiger partial charge in [-0.25, -0.2) is 0 Å². The molecule has 2 unspecified atom stereocenters. The molecule has 0 spiro atoms. The lowest BCUT2D eigenvalue weighted by Crippen LogP contribution is -2.52. The third-order valence-electron chi connectivity index (χ3n) is 5.80. The van der Waals surface area contributed by atoms with Crippen LogP contribution in [0, 0.1) is 11.8 Å². The number of piperidine rings is 1. The van der Waals surface area contributed by atoms with Gasteiger partial charge < -0.3 is 10.2 Å². The highest BCUT2D eigenvalue weighted by molar-refractivity contribution is 4.86. The Balaban J connectivity index is 1.47. The van der Waals surface area contributed by atoms with Crippen molar-refractivity contribution < 1.29 is 0 Å². The number of likely N-dealkylation sites (tertiary alicyclic amines) is 1. The fraction of sp³-hybridized carbons (Fsp3) is 1.00. The average molecular weight is 278 g/mol. The Morgan fingerprint density at radius 3 is 2.30 bits per heavy atom. The summed E-state index contributed by atoms with van der Waals surface area (Å²) in [6.07, 6.45) is 14.6. The van der Waals surface area contributed by atoms with Crippen LogP contribution in [0.2, 0.25) is 0 Å². The van der Waals surface area contributed by atoms with Gasteiger partial charge in [0.05, 0.1) is 0 Å². The van der Waals surface area contributed by atoms with Gasteiger partial charge in [0.2, 0.25) is 0 Å². The van der Waals surface area contributed by atoms with E-state index in [4.69, 9.17) is 0 Å². The largest absolute Gasteiger partial charge is 0.310 e. The maximum absolute atomic E-state index is 4.00. The second-order valence-corrected chi connectivity index (χ2v) is 7.91. The fourth-order valence-corrected chi connectivity index (χ4v) is 4.89. The molecule has 2 heteroatoms. The van der Waals surface area contributed by atoms with Gasteiger partial charge in [0.1, 0.15) is 0 Å². The maximum atomic E-state index is 4.00. The zero-order valence-corrected chi connectivity index (χ0v) is 13.4. The van der Waals surface area contributed by atoms with Gasteiger partial charge in [0.15, 0.2) is 0 Å². The van der Waals surface area contributed by atoms with Crippen LogP contribution in [0.4, 0.5) is 0 Å². The van der Waals surface area contributed by atoms with E-state index in [0.717, 1.165) is 23.9 Å². The van der Waals surface area contributed by atoms with Crippen molar-refractivity contribution in [1.82, 2.24) is 10.2 Å². The topological polar surface area (TPSA) is 15.3 Å². The van der Waals surface area contributed by atoms with Crippen molar-refractivity contribution in [3.05, 3.63) is 0 Å². The van der Waals surface area contributed by atoms with Crippen molar-refractivity contribution in [3.8, 4) is 0 Å². The van der Waals surface area contributed by atoms with Gasteiger partial charge in [-0.1, -0.05) is 39.0 Å². The molecule has 3 aliphatic rings. The van der Waals surface area contributed by atoms with E-state index in [0.29, 0.717) is 0 Å². The molecule has 116 valence electrons. The van der Waals surface area contributed by atoms with E-state index in [9.17, 15) is 0 Å². The third kappa shape index (κ3) is 4.21. The first-order chi connectivity index (χ1) is 9.79. The summed E-state index contributed by atoms with van der Waals surface area (Å²) < 4.78 is 0. The predicted molar refractivity (Wildman–Crippen MR) is 86.0 cm³/mol. The Labute approximate surface area is 125 Å². The van der Waals surface area contributed by atoms with Crippen molar-refractivity contribution >= 4 is 0 Å². The molecule has 1 aliphatic heterocycles. The van der Waals surface area contributed by atoms with E-state index in [-0.39, 0.29) is 0 Å². The minimum atomic E-state index is 0.767. The van der Waals surface area contributed by atoms with Crippen LogP contribution < -0.4 is 5.32 Å². The molecule has 2 atom stereocenters. The molecule has 1 heterocycles. The Morgan fingerprint density at radius 2 is 1.55 bits per heavy atom. The highest BCUT2D eigenvalue weighted by Gasteiger charge is 2.28. The molecule has 3 fully saturated rings. The van der Waals surface area contributed by atoms with E-state index in [1.54, 1.807) is 0 Å². The molecule has 2 saturated carbocycles. The molecule has 2 aliphatic carbocycles. The SMILES string of the molecule is CC1CC(NC2CCCCC2)CN(CC2CCCC2)C1. The zero-order valence-electron chi connectivity index (χ0n) is 13.4. The minimum Gasteiger partial charge on any atom is -0.310 e. The van der Waals surface area contributed by atoms with Crippen molar-refractivity contribution in [2.75, 3.05) is 19.6 Å². The quantitative estimate of drug-likeness (QED) is 0.841. The minimum absolute atomic E-state index is 0.767. The van der Waals surface area contributed by atoms with Crippen molar-refractivity contribution in [1.29, 1.82) is 0 Å². The van der Waals surface area contributed by atoms with Crippen LogP contribution in [0.5, 0.6) is 0 Å².